The molecule has 1 N–H and O–H groups in total. The van der Waals surface area contributed by atoms with E-state index < -0.39 is 4.92 Å². The highest BCUT2D eigenvalue weighted by Gasteiger charge is 2.10. The fraction of sp³-hybridized carbons (Fsp3) is 0.167. The van der Waals surface area contributed by atoms with Gasteiger partial charge in [-0.05, 0) is 13.0 Å². The number of nitro benzene ring substituents is 1. The molecule has 0 radical (unpaired) electrons. The summed E-state index contributed by atoms with van der Waals surface area (Å²) in [5.41, 5.74) is 1.74. The number of nitrogens with zero attached hydrogens (tertiary/aromatic N) is 3. The topological polar surface area (TPSA) is 89.2 Å². The molecule has 1 aromatic heterocycles. The molecule has 1 aromatic carbocycles. The Morgan fingerprint density at radius 2 is 2.11 bits per heavy atom. The van der Waals surface area contributed by atoms with Gasteiger partial charge >= 0.3 is 0 Å². The van der Waals surface area contributed by atoms with Gasteiger partial charge in [-0.3, -0.25) is 10.1 Å². The molecule has 0 aliphatic heterocycles. The summed E-state index contributed by atoms with van der Waals surface area (Å²) in [7, 11) is 0. The van der Waals surface area contributed by atoms with Crippen LogP contribution >= 0.6 is 0 Å². The lowest BCUT2D eigenvalue weighted by Crippen LogP contribution is -1.98. The van der Waals surface area contributed by atoms with Crippen molar-refractivity contribution in [2.24, 2.45) is 0 Å². The minimum atomic E-state index is -0.466. The number of aliphatic hydroxyl groups excluding tert-OH is 1. The van der Waals surface area contributed by atoms with Crippen LogP contribution in [0.25, 0.3) is 11.4 Å². The van der Waals surface area contributed by atoms with E-state index in [1.807, 2.05) is 0 Å². The Hall–Kier alpha value is -2.34. The zero-order valence-electron chi connectivity index (χ0n) is 9.70. The van der Waals surface area contributed by atoms with Crippen LogP contribution < -0.4 is 0 Å². The van der Waals surface area contributed by atoms with Crippen molar-refractivity contribution in [2.75, 3.05) is 0 Å². The minimum Gasteiger partial charge on any atom is -0.390 e. The molecule has 0 fully saturated rings. The number of nitro groups is 1. The summed E-state index contributed by atoms with van der Waals surface area (Å²) in [6.07, 6.45) is 0. The van der Waals surface area contributed by atoms with E-state index in [1.165, 1.54) is 12.1 Å². The van der Waals surface area contributed by atoms with Gasteiger partial charge in [0.1, 0.15) is 0 Å². The largest absolute Gasteiger partial charge is 0.390 e. The smallest absolute Gasteiger partial charge is 0.270 e. The molecule has 0 spiro atoms. The summed E-state index contributed by atoms with van der Waals surface area (Å²) >= 11 is 0. The van der Waals surface area contributed by atoms with Gasteiger partial charge < -0.3 is 5.11 Å². The fourth-order valence-corrected chi connectivity index (χ4v) is 1.60. The highest BCUT2D eigenvalue weighted by molar-refractivity contribution is 5.59. The second kappa shape index (κ2) is 4.89. The molecule has 2 rings (SSSR count). The van der Waals surface area contributed by atoms with E-state index in [9.17, 15) is 10.1 Å². The van der Waals surface area contributed by atoms with E-state index in [4.69, 9.17) is 5.11 Å². The number of benzene rings is 1. The van der Waals surface area contributed by atoms with Crippen LogP contribution in [0.2, 0.25) is 0 Å². The van der Waals surface area contributed by atoms with E-state index in [0.717, 1.165) is 0 Å². The van der Waals surface area contributed by atoms with E-state index in [-0.39, 0.29) is 12.3 Å². The number of hydrogen-bond donors (Lipinski definition) is 1. The normalized spacial score (nSPS) is 10.3. The molecule has 6 heteroatoms. The number of aliphatic hydroxyl groups is 1. The predicted octanol–water partition coefficient (Wildman–Crippen LogP) is 1.85. The molecular weight excluding hydrogens is 234 g/mol. The molecule has 0 saturated carbocycles. The van der Waals surface area contributed by atoms with Gasteiger partial charge in [0, 0.05) is 23.4 Å². The van der Waals surface area contributed by atoms with Gasteiger partial charge in [0.15, 0.2) is 5.82 Å². The first-order valence-corrected chi connectivity index (χ1v) is 5.30. The Bertz CT molecular complexity index is 599. The Labute approximate surface area is 103 Å². The number of hydrogen-bond acceptors (Lipinski definition) is 5. The van der Waals surface area contributed by atoms with E-state index in [2.05, 4.69) is 9.97 Å². The van der Waals surface area contributed by atoms with Crippen LogP contribution in [-0.2, 0) is 6.61 Å². The Morgan fingerprint density at radius 1 is 1.33 bits per heavy atom. The molecule has 0 unspecified atom stereocenters. The van der Waals surface area contributed by atoms with E-state index >= 15 is 0 Å². The van der Waals surface area contributed by atoms with Crippen LogP contribution in [-0.4, -0.2) is 20.0 Å². The summed E-state index contributed by atoms with van der Waals surface area (Å²) in [5, 5.41) is 19.8. The molecule has 6 nitrogen and oxygen atoms in total. The quantitative estimate of drug-likeness (QED) is 0.658. The summed E-state index contributed by atoms with van der Waals surface area (Å²) in [6, 6.07) is 7.77. The molecule has 1 heterocycles. The van der Waals surface area contributed by atoms with Crippen LogP contribution in [0.4, 0.5) is 5.69 Å². The average molecular weight is 245 g/mol. The van der Waals surface area contributed by atoms with Gasteiger partial charge in [-0.15, -0.1) is 0 Å². The number of non-ortho nitro benzene ring substituents is 1. The zero-order valence-corrected chi connectivity index (χ0v) is 9.70. The first-order chi connectivity index (χ1) is 8.60. The van der Waals surface area contributed by atoms with Crippen molar-refractivity contribution in [1.82, 2.24) is 9.97 Å². The maximum atomic E-state index is 10.7. The molecule has 0 amide bonds. The number of aromatic nitrogens is 2. The summed E-state index contributed by atoms with van der Waals surface area (Å²) in [4.78, 5) is 18.6. The third-order valence-electron chi connectivity index (χ3n) is 2.38. The highest BCUT2D eigenvalue weighted by Crippen LogP contribution is 2.21. The van der Waals surface area contributed by atoms with Crippen molar-refractivity contribution in [2.45, 2.75) is 13.5 Å². The first kappa shape index (κ1) is 12.1. The number of rotatable bonds is 3. The Balaban J connectivity index is 2.51. The monoisotopic (exact) mass is 245 g/mol. The molecule has 0 atom stereocenters. The Morgan fingerprint density at radius 3 is 2.78 bits per heavy atom. The highest BCUT2D eigenvalue weighted by atomic mass is 16.6. The molecule has 18 heavy (non-hydrogen) atoms. The van der Waals surface area contributed by atoms with Crippen molar-refractivity contribution >= 4 is 5.69 Å². The van der Waals surface area contributed by atoms with Crippen molar-refractivity contribution in [3.05, 3.63) is 51.8 Å². The van der Waals surface area contributed by atoms with Gasteiger partial charge in [0.05, 0.1) is 17.2 Å². The van der Waals surface area contributed by atoms with Crippen LogP contribution in [0, 0.1) is 17.0 Å². The summed E-state index contributed by atoms with van der Waals surface area (Å²) in [6.45, 7) is 1.59. The van der Waals surface area contributed by atoms with Gasteiger partial charge in [0.25, 0.3) is 5.69 Å². The minimum absolute atomic E-state index is 0.0110. The molecular formula is C12H11N3O3. The molecule has 0 bridgehead atoms. The zero-order chi connectivity index (χ0) is 13.1. The second-order valence-electron chi connectivity index (χ2n) is 3.79. The first-order valence-electron chi connectivity index (χ1n) is 5.30. The van der Waals surface area contributed by atoms with Crippen LogP contribution in [0.1, 0.15) is 11.4 Å². The molecule has 92 valence electrons. The SMILES string of the molecule is Cc1cc(CO)nc(-c2cccc([N+](=O)[O-])c2)n1. The fourth-order valence-electron chi connectivity index (χ4n) is 1.60. The van der Waals surface area contributed by atoms with Crippen molar-refractivity contribution < 1.29 is 10.0 Å². The maximum absolute atomic E-state index is 10.7. The van der Waals surface area contributed by atoms with Gasteiger partial charge in [-0.1, -0.05) is 12.1 Å². The van der Waals surface area contributed by atoms with Gasteiger partial charge in [-0.25, -0.2) is 9.97 Å². The third kappa shape index (κ3) is 2.49. The van der Waals surface area contributed by atoms with Crippen LogP contribution in [0.5, 0.6) is 0 Å². The van der Waals surface area contributed by atoms with Gasteiger partial charge in [-0.2, -0.15) is 0 Å². The predicted molar refractivity (Wildman–Crippen MR) is 64.8 cm³/mol. The Kier molecular flexibility index (Phi) is 3.29. The van der Waals surface area contributed by atoms with E-state index in [1.54, 1.807) is 25.1 Å². The lowest BCUT2D eigenvalue weighted by molar-refractivity contribution is -0.384. The third-order valence-corrected chi connectivity index (χ3v) is 2.38. The summed E-state index contributed by atoms with van der Waals surface area (Å²) < 4.78 is 0. The molecule has 0 aliphatic carbocycles. The van der Waals surface area contributed by atoms with Crippen molar-refractivity contribution in [3.63, 3.8) is 0 Å². The standard InChI is InChI=1S/C12H11N3O3/c1-8-5-10(7-16)14-12(13-8)9-3-2-4-11(6-9)15(17)18/h2-6,16H,7H2,1H3. The van der Waals surface area contributed by atoms with Crippen LogP contribution in [0.15, 0.2) is 30.3 Å². The average Bonchev–Trinajstić information content (AvgIpc) is 2.38. The molecule has 0 saturated heterocycles. The van der Waals surface area contributed by atoms with E-state index in [0.29, 0.717) is 22.8 Å². The summed E-state index contributed by atoms with van der Waals surface area (Å²) in [5.74, 6) is 0.378. The number of aryl methyl sites for hydroxylation is 1. The van der Waals surface area contributed by atoms with Crippen molar-refractivity contribution in [1.29, 1.82) is 0 Å². The second-order valence-corrected chi connectivity index (χ2v) is 3.79. The molecule has 2 aromatic rings. The maximum Gasteiger partial charge on any atom is 0.270 e. The van der Waals surface area contributed by atoms with Crippen LogP contribution in [0.3, 0.4) is 0 Å². The lowest BCUT2D eigenvalue weighted by Gasteiger charge is -2.04. The lowest BCUT2D eigenvalue weighted by atomic mass is 10.2. The molecule has 0 aliphatic rings. The van der Waals surface area contributed by atoms with Gasteiger partial charge in [0.2, 0.25) is 0 Å². The van der Waals surface area contributed by atoms with Crippen molar-refractivity contribution in [3.8, 4) is 11.4 Å².